The molecule has 2 rings (SSSR count). The van der Waals surface area contributed by atoms with Crippen molar-refractivity contribution >= 4 is 9.84 Å². The number of benzene rings is 1. The monoisotopic (exact) mass is 239 g/mol. The summed E-state index contributed by atoms with van der Waals surface area (Å²) >= 11 is 0. The molecule has 0 amide bonds. The van der Waals surface area contributed by atoms with E-state index in [1.54, 1.807) is 24.3 Å². The van der Waals surface area contributed by atoms with E-state index in [1.165, 1.54) is 0 Å². The lowest BCUT2D eigenvalue weighted by Gasteiger charge is -2.15. The second-order valence-corrected chi connectivity index (χ2v) is 6.77. The predicted octanol–water partition coefficient (Wildman–Crippen LogP) is 1.59. The fourth-order valence-corrected chi connectivity index (χ4v) is 4.58. The van der Waals surface area contributed by atoms with E-state index in [-0.39, 0.29) is 17.2 Å². The van der Waals surface area contributed by atoms with Gasteiger partial charge >= 0.3 is 0 Å². The number of rotatable bonds is 2. The van der Waals surface area contributed by atoms with Crippen LogP contribution >= 0.6 is 0 Å². The first-order valence-electron chi connectivity index (χ1n) is 5.56. The van der Waals surface area contributed by atoms with Crippen LogP contribution in [0.1, 0.15) is 19.8 Å². The van der Waals surface area contributed by atoms with Crippen molar-refractivity contribution in [3.05, 3.63) is 30.3 Å². The summed E-state index contributed by atoms with van der Waals surface area (Å²) in [7, 11) is -3.20. The summed E-state index contributed by atoms with van der Waals surface area (Å²) in [6, 6.07) is 8.68. The molecule has 1 aliphatic rings. The Morgan fingerprint density at radius 1 is 1.19 bits per heavy atom. The first-order chi connectivity index (χ1) is 7.51. The molecule has 0 aromatic heterocycles. The van der Waals surface area contributed by atoms with Crippen molar-refractivity contribution in [2.24, 2.45) is 11.7 Å². The lowest BCUT2D eigenvalue weighted by Crippen LogP contribution is -2.25. The Hall–Kier alpha value is -0.870. The number of sulfone groups is 1. The smallest absolute Gasteiger partial charge is 0.181 e. The van der Waals surface area contributed by atoms with Gasteiger partial charge < -0.3 is 5.73 Å². The van der Waals surface area contributed by atoms with Crippen LogP contribution in [0.3, 0.4) is 0 Å². The molecule has 0 spiro atoms. The van der Waals surface area contributed by atoms with Crippen LogP contribution in [0, 0.1) is 5.92 Å². The van der Waals surface area contributed by atoms with Crippen molar-refractivity contribution < 1.29 is 8.42 Å². The SMILES string of the molecule is C[C@@H]1C[C@H](N)CC1S(=O)(=O)c1ccccc1. The summed E-state index contributed by atoms with van der Waals surface area (Å²) in [6.07, 6.45) is 1.38. The van der Waals surface area contributed by atoms with Gasteiger partial charge in [0.25, 0.3) is 0 Å². The van der Waals surface area contributed by atoms with E-state index < -0.39 is 9.84 Å². The molecule has 1 aliphatic carbocycles. The van der Waals surface area contributed by atoms with Gasteiger partial charge in [-0.05, 0) is 30.9 Å². The Labute approximate surface area is 96.6 Å². The third-order valence-electron chi connectivity index (χ3n) is 3.31. The topological polar surface area (TPSA) is 60.2 Å². The second kappa shape index (κ2) is 4.18. The van der Waals surface area contributed by atoms with Gasteiger partial charge in [0.2, 0.25) is 0 Å². The van der Waals surface area contributed by atoms with E-state index in [4.69, 9.17) is 5.73 Å². The van der Waals surface area contributed by atoms with Crippen molar-refractivity contribution in [2.45, 2.75) is 36.0 Å². The number of nitrogens with two attached hydrogens (primary N) is 1. The van der Waals surface area contributed by atoms with Gasteiger partial charge in [0.05, 0.1) is 10.1 Å². The maximum Gasteiger partial charge on any atom is 0.181 e. The van der Waals surface area contributed by atoms with E-state index in [1.807, 2.05) is 13.0 Å². The number of hydrogen-bond acceptors (Lipinski definition) is 3. The minimum absolute atomic E-state index is 0.0264. The number of hydrogen-bond donors (Lipinski definition) is 1. The van der Waals surface area contributed by atoms with Gasteiger partial charge in [0, 0.05) is 6.04 Å². The van der Waals surface area contributed by atoms with Crippen LogP contribution in [-0.2, 0) is 9.84 Å². The molecule has 1 aromatic rings. The summed E-state index contributed by atoms with van der Waals surface area (Å²) in [5.41, 5.74) is 5.83. The molecule has 16 heavy (non-hydrogen) atoms. The largest absolute Gasteiger partial charge is 0.328 e. The average molecular weight is 239 g/mol. The molecule has 3 nitrogen and oxygen atoms in total. The first kappa shape index (κ1) is 11.6. The maximum absolute atomic E-state index is 12.3. The van der Waals surface area contributed by atoms with Crippen molar-refractivity contribution in [3.8, 4) is 0 Å². The van der Waals surface area contributed by atoms with Gasteiger partial charge in [-0.1, -0.05) is 25.1 Å². The molecule has 88 valence electrons. The molecule has 0 heterocycles. The molecule has 1 aromatic carbocycles. The van der Waals surface area contributed by atoms with Gasteiger partial charge in [-0.15, -0.1) is 0 Å². The fraction of sp³-hybridized carbons (Fsp3) is 0.500. The molecule has 0 saturated heterocycles. The predicted molar refractivity (Wildman–Crippen MR) is 63.8 cm³/mol. The van der Waals surface area contributed by atoms with E-state index in [0.29, 0.717) is 11.3 Å². The Morgan fingerprint density at radius 2 is 1.81 bits per heavy atom. The van der Waals surface area contributed by atoms with Gasteiger partial charge in [-0.3, -0.25) is 0 Å². The van der Waals surface area contributed by atoms with Crippen LogP contribution in [0.5, 0.6) is 0 Å². The van der Waals surface area contributed by atoms with Crippen molar-refractivity contribution in [1.82, 2.24) is 0 Å². The normalized spacial score (nSPS) is 30.5. The van der Waals surface area contributed by atoms with Crippen LogP contribution in [0.2, 0.25) is 0 Å². The first-order valence-corrected chi connectivity index (χ1v) is 7.11. The van der Waals surface area contributed by atoms with Gasteiger partial charge in [0.15, 0.2) is 9.84 Å². The molecule has 0 radical (unpaired) electrons. The zero-order chi connectivity index (χ0) is 11.8. The van der Waals surface area contributed by atoms with Crippen molar-refractivity contribution in [3.63, 3.8) is 0 Å². The summed E-state index contributed by atoms with van der Waals surface area (Å²) in [4.78, 5) is 0.418. The Morgan fingerprint density at radius 3 is 2.31 bits per heavy atom. The van der Waals surface area contributed by atoms with Crippen molar-refractivity contribution in [2.75, 3.05) is 0 Å². The van der Waals surface area contributed by atoms with Crippen molar-refractivity contribution in [1.29, 1.82) is 0 Å². The molecule has 3 atom stereocenters. The van der Waals surface area contributed by atoms with Crippen LogP contribution < -0.4 is 5.73 Å². The van der Waals surface area contributed by atoms with Gasteiger partial charge in [0.1, 0.15) is 0 Å². The molecule has 1 unspecified atom stereocenters. The minimum Gasteiger partial charge on any atom is -0.328 e. The van der Waals surface area contributed by atoms with E-state index in [2.05, 4.69) is 0 Å². The van der Waals surface area contributed by atoms with Gasteiger partial charge in [-0.2, -0.15) is 0 Å². The van der Waals surface area contributed by atoms with Crippen LogP contribution in [0.15, 0.2) is 35.2 Å². The molecule has 0 aliphatic heterocycles. The third-order valence-corrected chi connectivity index (χ3v) is 5.70. The fourth-order valence-electron chi connectivity index (χ4n) is 2.47. The summed E-state index contributed by atoms with van der Waals surface area (Å²) in [5, 5.41) is -0.315. The van der Waals surface area contributed by atoms with Crippen LogP contribution in [0.4, 0.5) is 0 Å². The quantitative estimate of drug-likeness (QED) is 0.852. The highest BCUT2D eigenvalue weighted by molar-refractivity contribution is 7.92. The molecule has 1 fully saturated rings. The highest BCUT2D eigenvalue weighted by Gasteiger charge is 2.39. The van der Waals surface area contributed by atoms with Crippen LogP contribution in [0.25, 0.3) is 0 Å². The second-order valence-electron chi connectivity index (χ2n) is 4.61. The standard InChI is InChI=1S/C12H17NO2S/c1-9-7-10(13)8-12(9)16(14,15)11-5-3-2-4-6-11/h2-6,9-10,12H,7-8,13H2,1H3/t9-,10+,12?/m1/s1. The molecule has 2 N–H and O–H groups in total. The molecular weight excluding hydrogens is 222 g/mol. The highest BCUT2D eigenvalue weighted by atomic mass is 32.2. The molecule has 1 saturated carbocycles. The Balaban J connectivity index is 2.34. The lowest BCUT2D eigenvalue weighted by atomic mass is 10.1. The van der Waals surface area contributed by atoms with E-state index >= 15 is 0 Å². The van der Waals surface area contributed by atoms with E-state index in [0.717, 1.165) is 6.42 Å². The third kappa shape index (κ3) is 1.99. The lowest BCUT2D eigenvalue weighted by molar-refractivity contribution is 0.543. The molecule has 4 heteroatoms. The maximum atomic E-state index is 12.3. The van der Waals surface area contributed by atoms with E-state index in [9.17, 15) is 8.42 Å². The molecule has 0 bridgehead atoms. The summed E-state index contributed by atoms with van der Waals surface area (Å²) in [6.45, 7) is 1.97. The zero-order valence-electron chi connectivity index (χ0n) is 9.34. The Bertz CT molecular complexity index is 455. The minimum atomic E-state index is -3.20. The summed E-state index contributed by atoms with van der Waals surface area (Å²) in [5.74, 6) is 0.153. The van der Waals surface area contributed by atoms with Gasteiger partial charge in [-0.25, -0.2) is 8.42 Å². The molecular formula is C12H17NO2S. The average Bonchev–Trinajstić information content (AvgIpc) is 2.60. The zero-order valence-corrected chi connectivity index (χ0v) is 10.2. The highest BCUT2D eigenvalue weighted by Crippen LogP contribution is 2.33. The Kier molecular flexibility index (Phi) is 3.04. The summed E-state index contributed by atoms with van der Waals surface area (Å²) < 4.78 is 24.7. The van der Waals surface area contributed by atoms with Crippen LogP contribution in [-0.4, -0.2) is 19.7 Å².